The van der Waals surface area contributed by atoms with Crippen LogP contribution in [0.3, 0.4) is 0 Å². The highest BCUT2D eigenvalue weighted by Crippen LogP contribution is 2.28. The summed E-state index contributed by atoms with van der Waals surface area (Å²) >= 11 is 11.9. The average Bonchev–Trinajstić information content (AvgIpc) is 2.46. The second-order valence-electron chi connectivity index (χ2n) is 4.38. The number of primary amides is 1. The van der Waals surface area contributed by atoms with E-state index < -0.39 is 5.91 Å². The summed E-state index contributed by atoms with van der Waals surface area (Å²) in [6.45, 7) is 1.72. The minimum absolute atomic E-state index is 0.0204. The van der Waals surface area contributed by atoms with E-state index in [0.717, 1.165) is 0 Å². The van der Waals surface area contributed by atoms with Crippen LogP contribution >= 0.6 is 23.2 Å². The molecule has 0 fully saturated rings. The summed E-state index contributed by atoms with van der Waals surface area (Å²) in [7, 11) is 0. The standard InChI is InChI=1S/C14H12Cl2N4O2/c1-7(8-2-3-12(21)9(4-8)14(17)22)19-20-13-10(15)5-18-6-11(13)16/h2-6,21H,1H3,(H2,17,22)(H,18,20)/b19-7+. The van der Waals surface area contributed by atoms with Gasteiger partial charge in [-0.15, -0.1) is 0 Å². The molecule has 0 saturated heterocycles. The Morgan fingerprint density at radius 3 is 2.55 bits per heavy atom. The Morgan fingerprint density at radius 1 is 1.32 bits per heavy atom. The Morgan fingerprint density at radius 2 is 1.95 bits per heavy atom. The molecular weight excluding hydrogens is 327 g/mol. The zero-order valence-electron chi connectivity index (χ0n) is 11.5. The van der Waals surface area contributed by atoms with Gasteiger partial charge in [-0.25, -0.2) is 0 Å². The average molecular weight is 339 g/mol. The van der Waals surface area contributed by atoms with E-state index in [2.05, 4.69) is 15.5 Å². The summed E-state index contributed by atoms with van der Waals surface area (Å²) in [6.07, 6.45) is 2.87. The number of aromatic nitrogens is 1. The Hall–Kier alpha value is -2.31. The van der Waals surface area contributed by atoms with Crippen molar-refractivity contribution in [1.29, 1.82) is 0 Å². The molecule has 1 aromatic carbocycles. The van der Waals surface area contributed by atoms with Crippen LogP contribution in [0.25, 0.3) is 0 Å². The molecule has 0 aliphatic rings. The van der Waals surface area contributed by atoms with Crippen LogP contribution < -0.4 is 11.2 Å². The number of amides is 1. The summed E-state index contributed by atoms with van der Waals surface area (Å²) < 4.78 is 0. The van der Waals surface area contributed by atoms with Gasteiger partial charge in [0.15, 0.2) is 0 Å². The van der Waals surface area contributed by atoms with Gasteiger partial charge < -0.3 is 10.8 Å². The minimum Gasteiger partial charge on any atom is -0.507 e. The first-order valence-electron chi connectivity index (χ1n) is 6.12. The number of hydrazone groups is 1. The zero-order chi connectivity index (χ0) is 16.3. The Labute approximate surface area is 136 Å². The fourth-order valence-corrected chi connectivity index (χ4v) is 2.13. The quantitative estimate of drug-likeness (QED) is 0.589. The van der Waals surface area contributed by atoms with Crippen LogP contribution in [-0.2, 0) is 0 Å². The smallest absolute Gasteiger partial charge is 0.252 e. The van der Waals surface area contributed by atoms with Crippen molar-refractivity contribution in [2.45, 2.75) is 6.92 Å². The molecular formula is C14H12Cl2N4O2. The topological polar surface area (TPSA) is 101 Å². The summed E-state index contributed by atoms with van der Waals surface area (Å²) in [5, 5.41) is 14.4. The van der Waals surface area contributed by atoms with E-state index in [0.29, 0.717) is 27.0 Å². The van der Waals surface area contributed by atoms with Crippen LogP contribution in [0.4, 0.5) is 5.69 Å². The number of hydrogen-bond donors (Lipinski definition) is 3. The van der Waals surface area contributed by atoms with E-state index >= 15 is 0 Å². The van der Waals surface area contributed by atoms with E-state index in [1.54, 1.807) is 13.0 Å². The molecule has 4 N–H and O–H groups in total. The number of anilines is 1. The van der Waals surface area contributed by atoms with E-state index in [1.807, 2.05) is 0 Å². The van der Waals surface area contributed by atoms with Crippen molar-refractivity contribution < 1.29 is 9.90 Å². The summed E-state index contributed by atoms with van der Waals surface area (Å²) in [6, 6.07) is 4.44. The summed E-state index contributed by atoms with van der Waals surface area (Å²) in [4.78, 5) is 15.1. The van der Waals surface area contributed by atoms with Gasteiger partial charge in [-0.05, 0) is 30.7 Å². The molecule has 1 aromatic heterocycles. The van der Waals surface area contributed by atoms with Crippen molar-refractivity contribution in [2.24, 2.45) is 10.8 Å². The molecule has 0 saturated carbocycles. The lowest BCUT2D eigenvalue weighted by Crippen LogP contribution is -2.12. The van der Waals surface area contributed by atoms with Crippen molar-refractivity contribution in [3.05, 3.63) is 51.8 Å². The van der Waals surface area contributed by atoms with Crippen molar-refractivity contribution in [1.82, 2.24) is 4.98 Å². The minimum atomic E-state index is -0.722. The maximum Gasteiger partial charge on any atom is 0.252 e. The number of nitrogens with zero attached hydrogens (tertiary/aromatic N) is 2. The fourth-order valence-electron chi connectivity index (χ4n) is 1.68. The van der Waals surface area contributed by atoms with Crippen molar-refractivity contribution in [3.63, 3.8) is 0 Å². The Kier molecular flexibility index (Phi) is 4.85. The third kappa shape index (κ3) is 3.47. The first-order chi connectivity index (χ1) is 10.4. The van der Waals surface area contributed by atoms with Gasteiger partial charge in [0.2, 0.25) is 0 Å². The molecule has 0 aliphatic heterocycles. The van der Waals surface area contributed by atoms with Crippen LogP contribution in [0.5, 0.6) is 5.75 Å². The highest BCUT2D eigenvalue weighted by Gasteiger charge is 2.10. The largest absolute Gasteiger partial charge is 0.507 e. The monoisotopic (exact) mass is 338 g/mol. The van der Waals surface area contributed by atoms with Crippen LogP contribution in [0.1, 0.15) is 22.8 Å². The van der Waals surface area contributed by atoms with Crippen molar-refractivity contribution in [3.8, 4) is 5.75 Å². The molecule has 6 nitrogen and oxygen atoms in total. The fraction of sp³-hybridized carbons (Fsp3) is 0.0714. The van der Waals surface area contributed by atoms with E-state index in [4.69, 9.17) is 28.9 Å². The normalized spacial score (nSPS) is 11.3. The Bertz CT molecular complexity index is 742. The lowest BCUT2D eigenvalue weighted by Gasteiger charge is -2.08. The number of halogens is 2. The zero-order valence-corrected chi connectivity index (χ0v) is 13.0. The number of phenols is 1. The Balaban J connectivity index is 2.30. The van der Waals surface area contributed by atoms with Gasteiger partial charge in [0.05, 0.1) is 27.0 Å². The summed E-state index contributed by atoms with van der Waals surface area (Å²) in [5.74, 6) is -0.905. The highest BCUT2D eigenvalue weighted by molar-refractivity contribution is 6.38. The molecule has 0 spiro atoms. The number of benzene rings is 1. The molecule has 1 amide bonds. The lowest BCUT2D eigenvalue weighted by atomic mass is 10.1. The molecule has 8 heteroatoms. The molecule has 0 atom stereocenters. The maximum atomic E-state index is 11.2. The van der Waals surface area contributed by atoms with Crippen LogP contribution in [0.15, 0.2) is 35.7 Å². The third-order valence-electron chi connectivity index (χ3n) is 2.87. The number of aromatic hydroxyl groups is 1. The number of rotatable bonds is 4. The first-order valence-corrected chi connectivity index (χ1v) is 6.88. The molecule has 2 rings (SSSR count). The first kappa shape index (κ1) is 16.1. The van der Waals surface area contributed by atoms with Gasteiger partial charge in [-0.1, -0.05) is 23.2 Å². The lowest BCUT2D eigenvalue weighted by molar-refractivity contribution is 0.0998. The SMILES string of the molecule is C/C(=N\Nc1c(Cl)cncc1Cl)c1ccc(O)c(C(N)=O)c1. The van der Waals surface area contributed by atoms with E-state index in [9.17, 15) is 9.90 Å². The van der Waals surface area contributed by atoms with Crippen molar-refractivity contribution in [2.75, 3.05) is 5.43 Å². The number of pyridine rings is 1. The highest BCUT2D eigenvalue weighted by atomic mass is 35.5. The van der Waals surface area contributed by atoms with Gasteiger partial charge in [0, 0.05) is 12.4 Å². The van der Waals surface area contributed by atoms with Gasteiger partial charge >= 0.3 is 0 Å². The molecule has 114 valence electrons. The van der Waals surface area contributed by atoms with Gasteiger partial charge in [0.1, 0.15) is 5.75 Å². The molecule has 0 radical (unpaired) electrons. The van der Waals surface area contributed by atoms with Crippen LogP contribution in [-0.4, -0.2) is 21.7 Å². The predicted molar refractivity (Wildman–Crippen MR) is 86.7 cm³/mol. The van der Waals surface area contributed by atoms with E-state index in [-0.39, 0.29) is 11.3 Å². The number of carbonyl (C=O) groups excluding carboxylic acids is 1. The number of hydrogen-bond acceptors (Lipinski definition) is 5. The number of carbonyl (C=O) groups is 1. The predicted octanol–water partition coefficient (Wildman–Crippen LogP) is 3.03. The van der Waals surface area contributed by atoms with Gasteiger partial charge in [-0.3, -0.25) is 15.2 Å². The molecule has 1 heterocycles. The molecule has 0 aliphatic carbocycles. The molecule has 22 heavy (non-hydrogen) atoms. The second kappa shape index (κ2) is 6.64. The van der Waals surface area contributed by atoms with Gasteiger partial charge in [0.25, 0.3) is 5.91 Å². The second-order valence-corrected chi connectivity index (χ2v) is 5.20. The third-order valence-corrected chi connectivity index (χ3v) is 3.44. The van der Waals surface area contributed by atoms with Crippen molar-refractivity contribution >= 4 is 40.5 Å². The molecule has 2 aromatic rings. The van der Waals surface area contributed by atoms with Crippen LogP contribution in [0, 0.1) is 0 Å². The maximum absolute atomic E-state index is 11.2. The number of nitrogens with one attached hydrogen (secondary N) is 1. The van der Waals surface area contributed by atoms with Gasteiger partial charge in [-0.2, -0.15) is 5.10 Å². The molecule has 0 unspecified atom stereocenters. The van der Waals surface area contributed by atoms with Crippen LogP contribution in [0.2, 0.25) is 10.0 Å². The number of nitrogens with two attached hydrogens (primary N) is 1. The molecule has 0 bridgehead atoms. The summed E-state index contributed by atoms with van der Waals surface area (Å²) in [5.41, 5.74) is 9.54. The van der Waals surface area contributed by atoms with E-state index in [1.165, 1.54) is 24.5 Å².